The van der Waals surface area contributed by atoms with E-state index >= 15 is 0 Å². The zero-order chi connectivity index (χ0) is 22.6. The number of ether oxygens (including phenoxy) is 1. The molecule has 0 aliphatic carbocycles. The summed E-state index contributed by atoms with van der Waals surface area (Å²) in [7, 11) is 0. The molecule has 4 aromatic rings. The van der Waals surface area contributed by atoms with Crippen molar-refractivity contribution in [3.63, 3.8) is 0 Å². The SMILES string of the molecule is CC(C#Cc1ccc2c(CN3CCOCC3)nn(-c3ccnc(N)n3)c2c1)c1ncccn1. The first-order valence-corrected chi connectivity index (χ1v) is 10.9. The Morgan fingerprint density at radius 3 is 2.70 bits per heavy atom. The van der Waals surface area contributed by atoms with Gasteiger partial charge in [-0.25, -0.2) is 19.6 Å². The molecule has 1 aliphatic rings. The fourth-order valence-corrected chi connectivity index (χ4v) is 3.79. The average Bonchev–Trinajstić information content (AvgIpc) is 3.21. The number of nitrogens with zero attached hydrogens (tertiary/aromatic N) is 7. The van der Waals surface area contributed by atoms with E-state index in [9.17, 15) is 0 Å². The number of aromatic nitrogens is 6. The van der Waals surface area contributed by atoms with E-state index in [2.05, 4.69) is 42.7 Å². The Balaban J connectivity index is 1.53. The molecule has 3 aromatic heterocycles. The quantitative estimate of drug-likeness (QED) is 0.481. The van der Waals surface area contributed by atoms with Crippen LogP contribution in [0.15, 0.2) is 48.9 Å². The molecule has 5 rings (SSSR count). The van der Waals surface area contributed by atoms with Crippen molar-refractivity contribution in [3.05, 3.63) is 66.0 Å². The molecular formula is C24H24N8O. The lowest BCUT2D eigenvalue weighted by Crippen LogP contribution is -2.35. The van der Waals surface area contributed by atoms with Crippen LogP contribution in [0.1, 0.15) is 29.9 Å². The maximum Gasteiger partial charge on any atom is 0.221 e. The molecule has 1 aliphatic heterocycles. The lowest BCUT2D eigenvalue weighted by Gasteiger charge is -2.25. The summed E-state index contributed by atoms with van der Waals surface area (Å²) in [6.07, 6.45) is 5.10. The molecule has 1 atom stereocenters. The van der Waals surface area contributed by atoms with Gasteiger partial charge in [0.05, 0.1) is 30.3 Å². The third-order valence-corrected chi connectivity index (χ3v) is 5.52. The molecule has 4 heterocycles. The van der Waals surface area contributed by atoms with Gasteiger partial charge < -0.3 is 10.5 Å². The van der Waals surface area contributed by atoms with Gasteiger partial charge in [-0.15, -0.1) is 0 Å². The summed E-state index contributed by atoms with van der Waals surface area (Å²) in [5.41, 5.74) is 8.63. The highest BCUT2D eigenvalue weighted by molar-refractivity contribution is 5.84. The van der Waals surface area contributed by atoms with Crippen LogP contribution >= 0.6 is 0 Å². The molecule has 0 spiro atoms. The van der Waals surface area contributed by atoms with Crippen molar-refractivity contribution >= 4 is 16.9 Å². The van der Waals surface area contributed by atoms with Crippen LogP contribution in [0.2, 0.25) is 0 Å². The Bertz CT molecular complexity index is 1320. The fourth-order valence-electron chi connectivity index (χ4n) is 3.79. The van der Waals surface area contributed by atoms with Gasteiger partial charge in [-0.05, 0) is 31.2 Å². The van der Waals surface area contributed by atoms with Gasteiger partial charge in [-0.2, -0.15) is 10.1 Å². The second-order valence-corrected chi connectivity index (χ2v) is 7.85. The van der Waals surface area contributed by atoms with Crippen LogP contribution in [-0.2, 0) is 11.3 Å². The lowest BCUT2D eigenvalue weighted by molar-refractivity contribution is 0.0338. The lowest BCUT2D eigenvalue weighted by atomic mass is 10.1. The summed E-state index contributed by atoms with van der Waals surface area (Å²) in [6, 6.07) is 9.74. The first kappa shape index (κ1) is 21.0. The highest BCUT2D eigenvalue weighted by atomic mass is 16.5. The minimum absolute atomic E-state index is 0.0784. The van der Waals surface area contributed by atoms with Crippen LogP contribution in [0.5, 0.6) is 0 Å². The molecule has 0 saturated carbocycles. The van der Waals surface area contributed by atoms with Gasteiger partial charge in [-0.1, -0.05) is 11.8 Å². The number of nitrogen functional groups attached to an aromatic ring is 1. The zero-order valence-corrected chi connectivity index (χ0v) is 18.3. The number of benzene rings is 1. The van der Waals surface area contributed by atoms with Gasteiger partial charge in [0, 0.05) is 55.2 Å². The van der Waals surface area contributed by atoms with Gasteiger partial charge in [0.15, 0.2) is 5.82 Å². The molecule has 1 aromatic carbocycles. The van der Waals surface area contributed by atoms with E-state index in [1.165, 1.54) is 0 Å². The van der Waals surface area contributed by atoms with E-state index in [1.54, 1.807) is 30.7 Å². The van der Waals surface area contributed by atoms with E-state index in [-0.39, 0.29) is 11.9 Å². The largest absolute Gasteiger partial charge is 0.379 e. The second-order valence-electron chi connectivity index (χ2n) is 7.85. The maximum absolute atomic E-state index is 5.84. The van der Waals surface area contributed by atoms with Crippen LogP contribution in [0, 0.1) is 11.8 Å². The summed E-state index contributed by atoms with van der Waals surface area (Å²) in [6.45, 7) is 5.99. The highest BCUT2D eigenvalue weighted by Crippen LogP contribution is 2.24. The number of rotatable bonds is 4. The predicted molar refractivity (Wildman–Crippen MR) is 124 cm³/mol. The van der Waals surface area contributed by atoms with Gasteiger partial charge in [0.1, 0.15) is 5.82 Å². The molecule has 2 N–H and O–H groups in total. The third-order valence-electron chi connectivity index (χ3n) is 5.52. The van der Waals surface area contributed by atoms with Crippen molar-refractivity contribution in [2.75, 3.05) is 32.0 Å². The number of hydrogen-bond acceptors (Lipinski definition) is 8. The fraction of sp³-hybridized carbons (Fsp3) is 0.292. The first-order chi connectivity index (χ1) is 16.2. The van der Waals surface area contributed by atoms with Crippen molar-refractivity contribution in [2.24, 2.45) is 0 Å². The number of hydrogen-bond donors (Lipinski definition) is 1. The van der Waals surface area contributed by atoms with Crippen molar-refractivity contribution in [1.29, 1.82) is 0 Å². The third kappa shape index (κ3) is 4.67. The van der Waals surface area contributed by atoms with Crippen LogP contribution in [-0.4, -0.2) is 60.9 Å². The molecule has 9 heteroatoms. The van der Waals surface area contributed by atoms with Crippen LogP contribution in [0.25, 0.3) is 16.7 Å². The van der Waals surface area contributed by atoms with E-state index in [4.69, 9.17) is 15.6 Å². The summed E-state index contributed by atoms with van der Waals surface area (Å²) in [4.78, 5) is 19.3. The molecule has 1 saturated heterocycles. The molecule has 0 radical (unpaired) electrons. The molecule has 1 fully saturated rings. The number of nitrogens with two attached hydrogens (primary N) is 1. The van der Waals surface area contributed by atoms with Gasteiger partial charge in [0.25, 0.3) is 0 Å². The van der Waals surface area contributed by atoms with E-state index in [0.29, 0.717) is 11.6 Å². The predicted octanol–water partition coefficient (Wildman–Crippen LogP) is 2.18. The second kappa shape index (κ2) is 9.32. The monoisotopic (exact) mass is 440 g/mol. The Morgan fingerprint density at radius 1 is 1.09 bits per heavy atom. The van der Waals surface area contributed by atoms with Crippen molar-refractivity contribution < 1.29 is 4.74 Å². The van der Waals surface area contributed by atoms with E-state index < -0.39 is 0 Å². The summed E-state index contributed by atoms with van der Waals surface area (Å²) >= 11 is 0. The number of morpholine rings is 1. The van der Waals surface area contributed by atoms with Crippen molar-refractivity contribution in [1.82, 2.24) is 34.6 Å². The Labute approximate surface area is 191 Å². The van der Waals surface area contributed by atoms with Gasteiger partial charge >= 0.3 is 0 Å². The van der Waals surface area contributed by atoms with Crippen LogP contribution in [0.3, 0.4) is 0 Å². The smallest absolute Gasteiger partial charge is 0.221 e. The van der Waals surface area contributed by atoms with E-state index in [1.807, 2.05) is 23.7 Å². The Morgan fingerprint density at radius 2 is 1.91 bits per heavy atom. The van der Waals surface area contributed by atoms with Crippen molar-refractivity contribution in [2.45, 2.75) is 19.4 Å². The van der Waals surface area contributed by atoms with Crippen LogP contribution in [0.4, 0.5) is 5.95 Å². The van der Waals surface area contributed by atoms with Crippen molar-refractivity contribution in [3.8, 4) is 17.7 Å². The minimum atomic E-state index is -0.0784. The van der Waals surface area contributed by atoms with Gasteiger partial charge in [0.2, 0.25) is 5.95 Å². The average molecular weight is 441 g/mol. The first-order valence-electron chi connectivity index (χ1n) is 10.9. The zero-order valence-electron chi connectivity index (χ0n) is 18.3. The molecule has 1 unspecified atom stereocenters. The van der Waals surface area contributed by atoms with Gasteiger partial charge in [-0.3, -0.25) is 4.90 Å². The summed E-state index contributed by atoms with van der Waals surface area (Å²) < 4.78 is 7.30. The molecule has 0 amide bonds. The summed E-state index contributed by atoms with van der Waals surface area (Å²) in [5.74, 6) is 7.97. The topological polar surface area (TPSA) is 108 Å². The Hall–Kier alpha value is -3.87. The normalized spacial score (nSPS) is 15.2. The Kier molecular flexibility index (Phi) is 5.93. The number of fused-ring (bicyclic) bond motifs is 1. The van der Waals surface area contributed by atoms with E-state index in [0.717, 1.165) is 55.0 Å². The maximum atomic E-state index is 5.84. The molecule has 166 valence electrons. The molecule has 33 heavy (non-hydrogen) atoms. The minimum Gasteiger partial charge on any atom is -0.379 e. The standard InChI is InChI=1S/C24H24N8O/c1-17(23-26-8-2-9-27-23)3-4-18-5-6-19-20(16-31-11-13-33-14-12-31)30-32(21(19)15-18)22-7-10-28-24(25)29-22/h2,5-10,15,17H,11-14,16H2,1H3,(H2,25,28,29). The summed E-state index contributed by atoms with van der Waals surface area (Å²) in [5, 5.41) is 5.96. The van der Waals surface area contributed by atoms with Crippen LogP contribution < -0.4 is 5.73 Å². The molecular weight excluding hydrogens is 416 g/mol. The molecule has 9 nitrogen and oxygen atoms in total. The highest BCUT2D eigenvalue weighted by Gasteiger charge is 2.18. The number of anilines is 1. The molecule has 0 bridgehead atoms.